The monoisotopic (exact) mass is 376 g/mol. The Kier molecular flexibility index (Phi) is 4.61. The molecule has 0 aliphatic rings. The van der Waals surface area contributed by atoms with Gasteiger partial charge in [0, 0.05) is 18.2 Å². The highest BCUT2D eigenvalue weighted by atomic mass is 19.1. The molecular weight excluding hydrogens is 361 g/mol. The van der Waals surface area contributed by atoms with E-state index in [9.17, 15) is 22.8 Å². The van der Waals surface area contributed by atoms with Crippen LogP contribution in [0.5, 0.6) is 0 Å². The molecule has 0 saturated heterocycles. The largest absolute Gasteiger partial charge is 0.326 e. The van der Waals surface area contributed by atoms with Gasteiger partial charge in [0.15, 0.2) is 11.6 Å². The van der Waals surface area contributed by atoms with Crippen molar-refractivity contribution in [2.45, 2.75) is 13.8 Å². The van der Waals surface area contributed by atoms with Gasteiger partial charge < -0.3 is 10.3 Å². The van der Waals surface area contributed by atoms with Gasteiger partial charge in [-0.1, -0.05) is 0 Å². The summed E-state index contributed by atoms with van der Waals surface area (Å²) < 4.78 is 43.6. The fourth-order valence-electron chi connectivity index (χ4n) is 2.66. The fourth-order valence-corrected chi connectivity index (χ4v) is 2.66. The van der Waals surface area contributed by atoms with Gasteiger partial charge in [-0.2, -0.15) is 0 Å². The number of halogens is 3. The summed E-state index contributed by atoms with van der Waals surface area (Å²) in [6, 6.07) is 2.68. The first-order chi connectivity index (χ1) is 12.7. The number of aromatic nitrogens is 3. The third-order valence-corrected chi connectivity index (χ3v) is 4.25. The van der Waals surface area contributed by atoms with Gasteiger partial charge in [0.2, 0.25) is 0 Å². The zero-order valence-electron chi connectivity index (χ0n) is 14.7. The molecule has 0 unspecified atom stereocenters. The van der Waals surface area contributed by atoms with Gasteiger partial charge in [-0.05, 0) is 32.1 Å². The summed E-state index contributed by atoms with van der Waals surface area (Å²) >= 11 is 0. The molecule has 0 atom stereocenters. The average Bonchev–Trinajstić information content (AvgIpc) is 2.92. The van der Waals surface area contributed by atoms with Crippen molar-refractivity contribution in [1.29, 1.82) is 0 Å². The van der Waals surface area contributed by atoms with E-state index >= 15 is 0 Å². The lowest BCUT2D eigenvalue weighted by molar-refractivity contribution is -0.114. The van der Waals surface area contributed by atoms with Crippen LogP contribution in [-0.2, 0) is 11.8 Å². The molecule has 27 heavy (non-hydrogen) atoms. The van der Waals surface area contributed by atoms with E-state index in [0.29, 0.717) is 17.3 Å². The molecule has 0 bridgehead atoms. The number of imidazole rings is 1. The molecule has 0 fully saturated rings. The predicted octanol–water partition coefficient (Wildman–Crippen LogP) is 3.11. The van der Waals surface area contributed by atoms with Crippen molar-refractivity contribution in [3.05, 3.63) is 63.1 Å². The van der Waals surface area contributed by atoms with Gasteiger partial charge in [0.05, 0.1) is 23.1 Å². The summed E-state index contributed by atoms with van der Waals surface area (Å²) in [6.45, 7) is 2.95. The molecule has 2 heterocycles. The number of pyridine rings is 1. The summed E-state index contributed by atoms with van der Waals surface area (Å²) in [5.41, 5.74) is -0.0628. The number of fused-ring (bicyclic) bond motifs is 1. The van der Waals surface area contributed by atoms with Crippen LogP contribution in [-0.4, -0.2) is 20.4 Å². The van der Waals surface area contributed by atoms with Gasteiger partial charge in [0.25, 0.3) is 5.91 Å². The molecule has 0 saturated carbocycles. The van der Waals surface area contributed by atoms with Crippen LogP contribution >= 0.6 is 0 Å². The topological polar surface area (TPSA) is 79.8 Å². The Balaban J connectivity index is 1.95. The lowest BCUT2D eigenvalue weighted by atomic mass is 10.1. The van der Waals surface area contributed by atoms with E-state index in [-0.39, 0.29) is 22.3 Å². The van der Waals surface area contributed by atoms with Gasteiger partial charge in [-0.15, -0.1) is 0 Å². The predicted molar refractivity (Wildman–Crippen MR) is 94.9 cm³/mol. The number of anilines is 1. The summed E-state index contributed by atoms with van der Waals surface area (Å²) in [4.78, 5) is 29.8. The van der Waals surface area contributed by atoms with Crippen LogP contribution in [0.4, 0.5) is 18.9 Å². The molecule has 3 aromatic rings. The highest BCUT2D eigenvalue weighted by Gasteiger charge is 2.17. The second kappa shape index (κ2) is 6.75. The molecule has 2 N–H and O–H groups in total. The summed E-state index contributed by atoms with van der Waals surface area (Å²) in [7, 11) is 1.46. The van der Waals surface area contributed by atoms with Crippen molar-refractivity contribution in [3.8, 4) is 0 Å². The number of aromatic amines is 1. The Morgan fingerprint density at radius 1 is 1.30 bits per heavy atom. The van der Waals surface area contributed by atoms with Crippen LogP contribution in [0.3, 0.4) is 0 Å². The highest BCUT2D eigenvalue weighted by Crippen LogP contribution is 2.23. The van der Waals surface area contributed by atoms with Crippen molar-refractivity contribution >= 4 is 28.7 Å². The minimum Gasteiger partial charge on any atom is -0.318 e. The quantitative estimate of drug-likeness (QED) is 0.690. The normalized spacial score (nSPS) is 11.9. The number of carbonyl (C=O) groups is 1. The molecule has 0 aliphatic carbocycles. The van der Waals surface area contributed by atoms with Crippen LogP contribution in [0.25, 0.3) is 17.1 Å². The number of H-pyrrole nitrogens is 1. The maximum absolute atomic E-state index is 14.5. The van der Waals surface area contributed by atoms with Gasteiger partial charge >= 0.3 is 5.69 Å². The van der Waals surface area contributed by atoms with Crippen molar-refractivity contribution in [2.75, 3.05) is 5.32 Å². The van der Waals surface area contributed by atoms with Crippen LogP contribution in [0.1, 0.15) is 16.8 Å². The summed E-state index contributed by atoms with van der Waals surface area (Å²) in [6.07, 6.45) is 1.70. The lowest BCUT2D eigenvalue weighted by Crippen LogP contribution is -2.15. The number of nitrogens with one attached hydrogen (secondary N) is 2. The average molecular weight is 376 g/mol. The van der Waals surface area contributed by atoms with Gasteiger partial charge in [-0.3, -0.25) is 14.3 Å². The molecule has 1 aromatic carbocycles. The van der Waals surface area contributed by atoms with Crippen molar-refractivity contribution in [2.24, 2.45) is 7.05 Å². The van der Waals surface area contributed by atoms with Crippen molar-refractivity contribution < 1.29 is 18.0 Å². The molecule has 1 amide bonds. The molecule has 2 aromatic heterocycles. The number of carbonyl (C=O) groups excluding carboxylic acids is 1. The van der Waals surface area contributed by atoms with Crippen molar-refractivity contribution in [1.82, 2.24) is 14.5 Å². The molecule has 0 spiro atoms. The smallest absolute Gasteiger partial charge is 0.318 e. The standard InChI is InChI=1S/C18H15F3N4O2/c1-8-12(20)7-22-9(2)15(8)23-17(26)11(19)6-10-4-5-13-16(14(10)21)24-18(27)25(13)3/h4-7H,1-3H3,(H,23,26)(H,24,27)/b11-6-. The minimum absolute atomic E-state index is 0.0480. The Morgan fingerprint density at radius 2 is 2.00 bits per heavy atom. The van der Waals surface area contributed by atoms with Crippen LogP contribution in [0.2, 0.25) is 0 Å². The Labute approximate surface area is 151 Å². The van der Waals surface area contributed by atoms with Gasteiger partial charge in [-0.25, -0.2) is 18.0 Å². The highest BCUT2D eigenvalue weighted by molar-refractivity contribution is 6.05. The third kappa shape index (κ3) is 3.23. The maximum Gasteiger partial charge on any atom is 0.326 e. The number of amides is 1. The van der Waals surface area contributed by atoms with Gasteiger partial charge in [0.1, 0.15) is 11.3 Å². The molecule has 0 radical (unpaired) electrons. The SMILES string of the molecule is Cc1ncc(F)c(C)c1NC(=O)/C(F)=C/c1ccc2c([nH]c(=O)n2C)c1F. The van der Waals surface area contributed by atoms with E-state index in [1.165, 1.54) is 37.6 Å². The number of hydrogen-bond donors (Lipinski definition) is 2. The Morgan fingerprint density at radius 3 is 2.70 bits per heavy atom. The first kappa shape index (κ1) is 18.4. The first-order valence-corrected chi connectivity index (χ1v) is 7.88. The zero-order chi connectivity index (χ0) is 19.9. The van der Waals surface area contributed by atoms with Crippen LogP contribution in [0, 0.1) is 25.5 Å². The summed E-state index contributed by atoms with van der Waals surface area (Å²) in [5, 5.41) is 2.24. The maximum atomic E-state index is 14.5. The second-order valence-corrected chi connectivity index (χ2v) is 5.99. The number of nitrogens with zero attached hydrogens (tertiary/aromatic N) is 2. The number of aryl methyl sites for hydroxylation is 2. The van der Waals surface area contributed by atoms with Crippen molar-refractivity contribution in [3.63, 3.8) is 0 Å². The molecule has 6 nitrogen and oxygen atoms in total. The van der Waals surface area contributed by atoms with E-state index in [1.54, 1.807) is 0 Å². The first-order valence-electron chi connectivity index (χ1n) is 7.88. The molecule has 140 valence electrons. The summed E-state index contributed by atoms with van der Waals surface area (Å²) in [5.74, 6) is -3.97. The molecule has 3 rings (SSSR count). The van der Waals surface area contributed by atoms with E-state index in [0.717, 1.165) is 6.20 Å². The fraction of sp³-hybridized carbons (Fsp3) is 0.167. The second-order valence-electron chi connectivity index (χ2n) is 5.99. The molecular formula is C18H15F3N4O2. The zero-order valence-corrected chi connectivity index (χ0v) is 14.7. The van der Waals surface area contributed by atoms with Crippen LogP contribution in [0.15, 0.2) is 29.0 Å². The van der Waals surface area contributed by atoms with E-state index in [2.05, 4.69) is 15.3 Å². The minimum atomic E-state index is -1.28. The number of hydrogen-bond acceptors (Lipinski definition) is 3. The number of benzene rings is 1. The van der Waals surface area contributed by atoms with Crippen LogP contribution < -0.4 is 11.0 Å². The number of rotatable bonds is 3. The molecule has 9 heteroatoms. The Bertz CT molecular complexity index is 1160. The van der Waals surface area contributed by atoms with E-state index in [4.69, 9.17) is 0 Å². The molecule has 0 aliphatic heterocycles. The van der Waals surface area contributed by atoms with E-state index in [1.807, 2.05) is 0 Å². The lowest BCUT2D eigenvalue weighted by Gasteiger charge is -2.10. The third-order valence-electron chi connectivity index (χ3n) is 4.25. The van der Waals surface area contributed by atoms with E-state index < -0.39 is 29.1 Å². The Hall–Kier alpha value is -3.36.